The molecule has 0 spiro atoms. The van der Waals surface area contributed by atoms with E-state index in [4.69, 9.17) is 69.5 Å². The van der Waals surface area contributed by atoms with Gasteiger partial charge in [-0.25, -0.2) is 0 Å². The summed E-state index contributed by atoms with van der Waals surface area (Å²) in [6, 6.07) is 0. The van der Waals surface area contributed by atoms with Gasteiger partial charge in [0.1, 0.15) is 0 Å². The average molecular weight is 2010 g/mol. The van der Waals surface area contributed by atoms with Crippen molar-refractivity contribution in [3.8, 4) is 0 Å². The fourth-order valence-corrected chi connectivity index (χ4v) is 14.8. The molecule has 0 bridgehead atoms. The van der Waals surface area contributed by atoms with Crippen LogP contribution in [-0.2, 0) is 88.6 Å². The number of carbonyl (C=O) groups is 4. The molecule has 0 amide bonds. The van der Waals surface area contributed by atoms with Gasteiger partial charge < -0.3 is 69.5 Å². The van der Waals surface area contributed by atoms with Gasteiger partial charge in [0, 0.05) is 25.7 Å². The van der Waals surface area contributed by atoms with Gasteiger partial charge in [0.25, 0.3) is 0 Å². The molecule has 4 radical (unpaired) electrons. The van der Waals surface area contributed by atoms with Crippen LogP contribution in [0.5, 0.6) is 0 Å². The van der Waals surface area contributed by atoms with E-state index in [1.54, 1.807) is 0 Å². The monoisotopic (exact) mass is 2010 g/mol. The zero-order chi connectivity index (χ0) is 85.0. The number of carbonyl (C=O) groups excluding carboxylic acids is 4. The van der Waals surface area contributed by atoms with Gasteiger partial charge in [-0.3, -0.25) is 19.2 Å². The minimum atomic E-state index is -0.0799. The van der Waals surface area contributed by atoms with Crippen LogP contribution in [0.1, 0.15) is 556 Å². The van der Waals surface area contributed by atoms with E-state index in [-0.39, 0.29) is 100 Å². The van der Waals surface area contributed by atoms with Gasteiger partial charge in [0.2, 0.25) is 0 Å². The molecule has 0 N–H and O–H groups in total. The molecular formula is C106H206O8S5Sn2. The van der Waals surface area contributed by atoms with E-state index in [1.807, 2.05) is 0 Å². The Morgan fingerprint density at radius 3 is 0.388 bits per heavy atom. The Balaban J connectivity index is -0.000000195. The molecule has 0 saturated heterocycles. The Morgan fingerprint density at radius 1 is 0.182 bits per heavy atom. The molecule has 0 atom stereocenters. The molecule has 15 heteroatoms. The number of esters is 4. The summed E-state index contributed by atoms with van der Waals surface area (Å²) in [5.41, 5.74) is 0. The third kappa shape index (κ3) is 143. The summed E-state index contributed by atoms with van der Waals surface area (Å²) >= 11 is 19.0. The quantitative estimate of drug-likeness (QED) is 0.0145. The minimum absolute atomic E-state index is 0. The first-order valence-electron chi connectivity index (χ1n) is 50.8. The summed E-state index contributed by atoms with van der Waals surface area (Å²) in [6.07, 6.45) is 123. The van der Waals surface area contributed by atoms with Crippen molar-refractivity contribution in [2.24, 2.45) is 0 Å². The van der Waals surface area contributed by atoms with Crippen LogP contribution in [0, 0.1) is 0 Å². The maximum Gasteiger partial charge on any atom is 2.00 e. The van der Waals surface area contributed by atoms with Crippen molar-refractivity contribution >= 4 is 136 Å². The van der Waals surface area contributed by atoms with Gasteiger partial charge in [-0.15, -0.1) is 23.0 Å². The Labute approximate surface area is 820 Å². The van der Waals surface area contributed by atoms with E-state index >= 15 is 0 Å². The number of hydrogen-bond donors (Lipinski definition) is 0. The van der Waals surface area contributed by atoms with Crippen molar-refractivity contribution in [1.82, 2.24) is 0 Å². The molecule has 0 fully saturated rings. The minimum Gasteiger partial charge on any atom is -0.789 e. The molecule has 716 valence electrons. The average Bonchev–Trinajstić information content (AvgIpc) is 1.07. The fourth-order valence-electron chi connectivity index (χ4n) is 14.5. The Hall–Kier alpha value is 0.187. The van der Waals surface area contributed by atoms with E-state index < -0.39 is 0 Å². The van der Waals surface area contributed by atoms with Gasteiger partial charge in [-0.05, 0) is 128 Å². The summed E-state index contributed by atoms with van der Waals surface area (Å²) in [5, 5.41) is 0. The molecule has 0 aromatic rings. The predicted molar refractivity (Wildman–Crippen MR) is 557 cm³/mol. The van der Waals surface area contributed by atoms with Gasteiger partial charge in [0.15, 0.2) is 0 Å². The van der Waals surface area contributed by atoms with E-state index in [0.717, 1.165) is 51.4 Å². The summed E-state index contributed by atoms with van der Waals surface area (Å²) in [5.74, 6) is 1.69. The Morgan fingerprint density at radius 2 is 0.281 bits per heavy atom. The molecule has 0 aliphatic rings. The Kier molecular flexibility index (Phi) is 156. The van der Waals surface area contributed by atoms with Gasteiger partial charge in [0.05, 0.1) is 26.4 Å². The Bertz CT molecular complexity index is 1710. The van der Waals surface area contributed by atoms with Crippen molar-refractivity contribution in [2.45, 2.75) is 556 Å². The standard InChI is InChI=1S/4C26H50O2S.2CH4.H2S.2Sn/c4*1-2-3-4-5-6-7-8-9-10-11-12-13-14-15-16-17-18-19-20-21-22-23-26(27)28-24-25-29;;;;;/h4*8-9,29H,2-7,10-25H2,1H3;2*1H4;1H2;;/q;;;;;;;2*+2/p-4/b4*9-8+;;;;;. The van der Waals surface area contributed by atoms with Crippen molar-refractivity contribution in [1.29, 1.82) is 0 Å². The third-order valence-electron chi connectivity index (χ3n) is 22.0. The molecule has 121 heavy (non-hydrogen) atoms. The van der Waals surface area contributed by atoms with Crippen LogP contribution in [-0.4, -0.2) is 121 Å². The molecule has 0 aromatic carbocycles. The molecule has 0 aromatic heterocycles. The van der Waals surface area contributed by atoms with Crippen LogP contribution in [0.4, 0.5) is 0 Å². The number of allylic oxidation sites excluding steroid dienone is 8. The van der Waals surface area contributed by atoms with Crippen LogP contribution in [0.15, 0.2) is 48.6 Å². The number of ether oxygens (including phenoxy) is 4. The largest absolute Gasteiger partial charge is 2.00 e. The SMILES string of the molecule is C.C.CCCCCCC/C=C/CCCCCCCCCCCCCCC(=O)OCC[S-].CCCCCCC/C=C/CCCCCCCCCCCCCCC(=O)OCC[S-].CCCCCCC/C=C/CCCCCCCCCCCCCCC(=O)OCC[S-].CCCCCCC/C=C/CCCCCCCCCCCCCCC(=O)OCC[S-].S.[Sn+2].[Sn+2]. The summed E-state index contributed by atoms with van der Waals surface area (Å²) in [6.45, 7) is 10.7. The zero-order valence-corrected chi connectivity index (χ0v) is 89.2. The normalized spacial score (nSPS) is 10.9. The second-order valence-electron chi connectivity index (χ2n) is 33.5. The molecule has 0 aliphatic heterocycles. The molecule has 0 rings (SSSR count). The smallest absolute Gasteiger partial charge is 0.789 e. The first kappa shape index (κ1) is 139. The van der Waals surface area contributed by atoms with E-state index in [9.17, 15) is 19.2 Å². The molecule has 0 unspecified atom stereocenters. The fraction of sp³-hybridized carbons (Fsp3) is 0.887. The van der Waals surface area contributed by atoms with E-state index in [1.165, 1.54) is 437 Å². The predicted octanol–water partition coefficient (Wildman–Crippen LogP) is 34.4. The van der Waals surface area contributed by atoms with Gasteiger partial charge >= 0.3 is 71.7 Å². The summed E-state index contributed by atoms with van der Waals surface area (Å²) in [4.78, 5) is 45.3. The van der Waals surface area contributed by atoms with Gasteiger partial charge in [-0.2, -0.15) is 13.5 Å². The summed E-state index contributed by atoms with van der Waals surface area (Å²) < 4.78 is 20.0. The maximum atomic E-state index is 11.3. The molecule has 0 heterocycles. The second kappa shape index (κ2) is 136. The van der Waals surface area contributed by atoms with Crippen LogP contribution < -0.4 is 0 Å². The second-order valence-corrected chi connectivity index (χ2v) is 35.2. The number of rotatable bonds is 92. The first-order valence-corrected chi connectivity index (χ1v) is 53.1. The third-order valence-corrected chi connectivity index (χ3v) is 22.6. The van der Waals surface area contributed by atoms with Crippen LogP contribution in [0.2, 0.25) is 0 Å². The first-order chi connectivity index (χ1) is 57.2. The zero-order valence-electron chi connectivity index (χ0n) is 79.2. The summed E-state index contributed by atoms with van der Waals surface area (Å²) in [7, 11) is 0. The van der Waals surface area contributed by atoms with Crippen molar-refractivity contribution in [2.75, 3.05) is 49.4 Å². The van der Waals surface area contributed by atoms with Crippen molar-refractivity contribution < 1.29 is 38.1 Å². The number of hydrogen-bond acceptors (Lipinski definition) is 12. The van der Waals surface area contributed by atoms with E-state index in [0.29, 0.717) is 75.1 Å². The van der Waals surface area contributed by atoms with Crippen LogP contribution in [0.3, 0.4) is 0 Å². The molecule has 8 nitrogen and oxygen atoms in total. The van der Waals surface area contributed by atoms with Crippen molar-refractivity contribution in [3.63, 3.8) is 0 Å². The van der Waals surface area contributed by atoms with Gasteiger partial charge in [-0.1, -0.05) is 451 Å². The molecular weight excluding hydrogens is 1800 g/mol. The maximum absolute atomic E-state index is 11.3. The molecule has 0 aliphatic carbocycles. The van der Waals surface area contributed by atoms with Crippen LogP contribution >= 0.6 is 13.5 Å². The topological polar surface area (TPSA) is 105 Å². The number of unbranched alkanes of at least 4 members (excludes halogenated alkanes) is 68. The van der Waals surface area contributed by atoms with Crippen LogP contribution in [0.25, 0.3) is 0 Å². The van der Waals surface area contributed by atoms with E-state index in [2.05, 4.69) is 76.3 Å². The van der Waals surface area contributed by atoms with Crippen molar-refractivity contribution in [3.05, 3.63) is 48.6 Å². The molecule has 0 saturated carbocycles.